The number of nitrogens with zero attached hydrogens (tertiary/aromatic N) is 3. The average molecular weight is 453 g/mol. The van der Waals surface area contributed by atoms with Gasteiger partial charge in [0.2, 0.25) is 0 Å². The van der Waals surface area contributed by atoms with E-state index in [0.29, 0.717) is 31.0 Å². The molecule has 1 aromatic heterocycles. The molecule has 2 aromatic rings. The molecule has 33 heavy (non-hydrogen) atoms. The Bertz CT molecular complexity index is 980. The maximum Gasteiger partial charge on any atom is 0.323 e. The monoisotopic (exact) mass is 452 g/mol. The lowest BCUT2D eigenvalue weighted by Gasteiger charge is -2.29. The first-order chi connectivity index (χ1) is 15.9. The van der Waals surface area contributed by atoms with Gasteiger partial charge in [0.05, 0.1) is 19.3 Å². The van der Waals surface area contributed by atoms with Crippen molar-refractivity contribution in [3.05, 3.63) is 52.8 Å². The number of carbonyl (C=O) groups is 2. The summed E-state index contributed by atoms with van der Waals surface area (Å²) in [5.41, 5.74) is 3.75. The molecule has 0 bridgehead atoms. The van der Waals surface area contributed by atoms with Crippen LogP contribution in [0.5, 0.6) is 0 Å². The number of likely N-dealkylation sites (tertiary alicyclic amines) is 1. The fourth-order valence-corrected chi connectivity index (χ4v) is 5.38. The van der Waals surface area contributed by atoms with Crippen molar-refractivity contribution in [1.29, 1.82) is 0 Å². The maximum atomic E-state index is 13.1. The molecule has 1 aliphatic heterocycles. The third-order valence-electron chi connectivity index (χ3n) is 7.05. The lowest BCUT2D eigenvalue weighted by Crippen LogP contribution is -2.41. The van der Waals surface area contributed by atoms with E-state index in [-0.39, 0.29) is 24.0 Å². The Morgan fingerprint density at radius 3 is 2.64 bits per heavy atom. The highest BCUT2D eigenvalue weighted by Gasteiger charge is 2.39. The van der Waals surface area contributed by atoms with Crippen LogP contribution in [-0.4, -0.2) is 58.8 Å². The molecule has 7 heteroatoms. The van der Waals surface area contributed by atoms with E-state index < -0.39 is 0 Å². The first-order valence-electron chi connectivity index (χ1n) is 12.2. The molecule has 4 rings (SSSR count). The highest BCUT2D eigenvalue weighted by atomic mass is 16.5. The lowest BCUT2D eigenvalue weighted by atomic mass is 9.89. The van der Waals surface area contributed by atoms with Gasteiger partial charge < -0.3 is 10.1 Å². The van der Waals surface area contributed by atoms with Crippen molar-refractivity contribution in [3.63, 3.8) is 0 Å². The number of nitrogens with one attached hydrogen (secondary N) is 1. The van der Waals surface area contributed by atoms with Crippen LogP contribution in [0.15, 0.2) is 30.3 Å². The molecule has 2 atom stereocenters. The normalized spacial score (nSPS) is 21.8. The summed E-state index contributed by atoms with van der Waals surface area (Å²) in [6.45, 7) is 6.24. The molecule has 1 amide bonds. The Morgan fingerprint density at radius 2 is 1.94 bits per heavy atom. The average Bonchev–Trinajstić information content (AvgIpc) is 3.35. The summed E-state index contributed by atoms with van der Waals surface area (Å²) in [6.07, 6.45) is 6.91. The second-order valence-electron chi connectivity index (χ2n) is 9.69. The number of hydrogen-bond donors (Lipinski definition) is 1. The molecule has 1 aromatic carbocycles. The van der Waals surface area contributed by atoms with Crippen molar-refractivity contribution in [1.82, 2.24) is 20.0 Å². The van der Waals surface area contributed by atoms with Crippen LogP contribution >= 0.6 is 0 Å². The lowest BCUT2D eigenvalue weighted by molar-refractivity contribution is -0.146. The van der Waals surface area contributed by atoms with Crippen LogP contribution in [0.4, 0.5) is 0 Å². The molecule has 1 saturated heterocycles. The van der Waals surface area contributed by atoms with Gasteiger partial charge in [-0.05, 0) is 62.8 Å². The van der Waals surface area contributed by atoms with E-state index >= 15 is 0 Å². The van der Waals surface area contributed by atoms with E-state index in [1.165, 1.54) is 39.2 Å². The van der Waals surface area contributed by atoms with E-state index in [4.69, 9.17) is 4.74 Å². The fraction of sp³-hybridized carbons (Fsp3) is 0.577. The Kier molecular flexibility index (Phi) is 7.48. The van der Waals surface area contributed by atoms with Crippen molar-refractivity contribution in [2.75, 3.05) is 20.2 Å². The third kappa shape index (κ3) is 5.82. The van der Waals surface area contributed by atoms with Crippen molar-refractivity contribution in [3.8, 4) is 0 Å². The summed E-state index contributed by atoms with van der Waals surface area (Å²) >= 11 is 0. The highest BCUT2D eigenvalue weighted by Crippen LogP contribution is 2.28. The Labute approximate surface area is 196 Å². The summed E-state index contributed by atoms with van der Waals surface area (Å²) in [5, 5.41) is 7.69. The number of esters is 1. The van der Waals surface area contributed by atoms with Gasteiger partial charge in [0.25, 0.3) is 5.91 Å². The van der Waals surface area contributed by atoms with Crippen molar-refractivity contribution < 1.29 is 14.3 Å². The zero-order chi connectivity index (χ0) is 23.4. The van der Waals surface area contributed by atoms with Gasteiger partial charge in [0.15, 0.2) is 0 Å². The van der Waals surface area contributed by atoms with E-state index in [1.807, 2.05) is 48.9 Å². The van der Waals surface area contributed by atoms with Crippen molar-refractivity contribution >= 4 is 11.9 Å². The number of ether oxygens (including phenoxy) is 1. The van der Waals surface area contributed by atoms with Crippen LogP contribution in [0.3, 0.4) is 0 Å². The number of rotatable bonds is 7. The van der Waals surface area contributed by atoms with Gasteiger partial charge in [0.1, 0.15) is 6.04 Å². The van der Waals surface area contributed by atoms with Gasteiger partial charge in [0, 0.05) is 30.4 Å². The summed E-state index contributed by atoms with van der Waals surface area (Å²) < 4.78 is 7.03. The number of aryl methyl sites for hydroxylation is 2. The highest BCUT2D eigenvalue weighted by molar-refractivity contribution is 5.94. The van der Waals surface area contributed by atoms with Crippen molar-refractivity contribution in [2.45, 2.75) is 71.0 Å². The molecule has 2 heterocycles. The molecule has 178 valence electrons. The molecule has 2 aliphatic rings. The standard InChI is InChI=1S/C26H36N4O3/c1-18-12-19(2)30(28-18)16-21-10-7-11-22(13-21)25(31)27-23-14-24(26(32)33-3)29(17-23)15-20-8-5-4-6-9-20/h7,10-13,20,23-24H,4-6,8-9,14-17H2,1-3H3,(H,27,31)/t23-,24-/m0/s1. The number of aromatic nitrogens is 2. The van der Waals surface area contributed by atoms with Crippen molar-refractivity contribution in [2.24, 2.45) is 5.92 Å². The van der Waals surface area contributed by atoms with E-state index in [0.717, 1.165) is 23.5 Å². The summed E-state index contributed by atoms with van der Waals surface area (Å²) in [4.78, 5) is 27.7. The van der Waals surface area contributed by atoms with Crippen LogP contribution in [0.1, 0.15) is 65.8 Å². The van der Waals surface area contributed by atoms with Crippen LogP contribution < -0.4 is 5.32 Å². The second-order valence-corrected chi connectivity index (χ2v) is 9.69. The number of hydrogen-bond acceptors (Lipinski definition) is 5. The molecule has 0 radical (unpaired) electrons. The van der Waals surface area contributed by atoms with Gasteiger partial charge in [-0.1, -0.05) is 31.4 Å². The molecule has 1 saturated carbocycles. The summed E-state index contributed by atoms with van der Waals surface area (Å²) in [5.74, 6) is 0.333. The first kappa shape index (κ1) is 23.5. The molecule has 1 aliphatic carbocycles. The minimum absolute atomic E-state index is 0.0649. The third-order valence-corrected chi connectivity index (χ3v) is 7.05. The van der Waals surface area contributed by atoms with Gasteiger partial charge in [-0.3, -0.25) is 19.2 Å². The predicted octanol–water partition coefficient (Wildman–Crippen LogP) is 3.47. The van der Waals surface area contributed by atoms with Crippen LogP contribution in [-0.2, 0) is 16.1 Å². The van der Waals surface area contributed by atoms with E-state index in [2.05, 4.69) is 15.3 Å². The second kappa shape index (κ2) is 10.5. The van der Waals surface area contributed by atoms with E-state index in [1.54, 1.807) is 0 Å². The Morgan fingerprint density at radius 1 is 1.15 bits per heavy atom. The maximum absolute atomic E-state index is 13.1. The van der Waals surface area contributed by atoms with Crippen LogP contribution in [0.25, 0.3) is 0 Å². The molecule has 2 fully saturated rings. The molecule has 0 spiro atoms. The zero-order valence-corrected chi connectivity index (χ0v) is 20.0. The SMILES string of the molecule is COC(=O)[C@@H]1C[C@H](NC(=O)c2cccc(Cn3nc(C)cc3C)c2)CN1CC1CCCCC1. The van der Waals surface area contributed by atoms with E-state index in [9.17, 15) is 9.59 Å². The van der Waals surface area contributed by atoms with Gasteiger partial charge in [-0.15, -0.1) is 0 Å². The number of methoxy groups -OCH3 is 1. The van der Waals surface area contributed by atoms with Gasteiger partial charge in [-0.2, -0.15) is 5.10 Å². The first-order valence-corrected chi connectivity index (χ1v) is 12.2. The summed E-state index contributed by atoms with van der Waals surface area (Å²) in [6, 6.07) is 9.40. The Balaban J connectivity index is 1.40. The smallest absolute Gasteiger partial charge is 0.323 e. The topological polar surface area (TPSA) is 76.5 Å². The summed E-state index contributed by atoms with van der Waals surface area (Å²) in [7, 11) is 1.45. The number of amides is 1. The molecule has 1 N–H and O–H groups in total. The quantitative estimate of drug-likeness (QED) is 0.651. The minimum atomic E-state index is -0.278. The molecule has 0 unspecified atom stereocenters. The minimum Gasteiger partial charge on any atom is -0.468 e. The predicted molar refractivity (Wildman–Crippen MR) is 127 cm³/mol. The molecular weight excluding hydrogens is 416 g/mol. The number of benzene rings is 1. The fourth-order valence-electron chi connectivity index (χ4n) is 5.38. The largest absolute Gasteiger partial charge is 0.468 e. The molecular formula is C26H36N4O3. The Hall–Kier alpha value is -2.67. The zero-order valence-electron chi connectivity index (χ0n) is 20.0. The van der Waals surface area contributed by atoms with Crippen LogP contribution in [0, 0.1) is 19.8 Å². The number of carbonyl (C=O) groups excluding carboxylic acids is 2. The molecule has 7 nitrogen and oxygen atoms in total. The van der Waals surface area contributed by atoms with Crippen LogP contribution in [0.2, 0.25) is 0 Å². The van der Waals surface area contributed by atoms with Gasteiger partial charge >= 0.3 is 5.97 Å². The van der Waals surface area contributed by atoms with Gasteiger partial charge in [-0.25, -0.2) is 0 Å².